The zero-order chi connectivity index (χ0) is 22.3. The topological polar surface area (TPSA) is 87.5 Å². The lowest BCUT2D eigenvalue weighted by Gasteiger charge is -2.08. The van der Waals surface area contributed by atoms with Crippen LogP contribution in [0.15, 0.2) is 78.9 Å². The highest BCUT2D eigenvalue weighted by molar-refractivity contribution is 5.87. The van der Waals surface area contributed by atoms with Gasteiger partial charge in [0.25, 0.3) is 0 Å². The molecule has 4 aromatic rings. The summed E-state index contributed by atoms with van der Waals surface area (Å²) in [4.78, 5) is 0. The summed E-state index contributed by atoms with van der Waals surface area (Å²) in [6.45, 7) is 0.283. The van der Waals surface area contributed by atoms with E-state index in [4.69, 9.17) is 4.74 Å². The van der Waals surface area contributed by atoms with Gasteiger partial charge in [-0.05, 0) is 29.8 Å². The molecular formula is C26H19N5O. The highest BCUT2D eigenvalue weighted by atomic mass is 16.5. The zero-order valence-corrected chi connectivity index (χ0v) is 17.4. The molecule has 0 amide bonds. The SMILES string of the molecule is Cn1c(C(C#N)=Cc2cccc(OCc3ccccc3C#N)c2)nnc1-c1ccccc1. The van der Waals surface area contributed by atoms with E-state index >= 15 is 0 Å². The van der Waals surface area contributed by atoms with E-state index in [0.717, 1.165) is 16.7 Å². The first kappa shape index (κ1) is 20.6. The molecule has 3 aromatic carbocycles. The third-order valence-electron chi connectivity index (χ3n) is 4.97. The average molecular weight is 417 g/mol. The minimum atomic E-state index is 0.283. The number of rotatable bonds is 6. The van der Waals surface area contributed by atoms with Crippen molar-refractivity contribution >= 4 is 11.6 Å². The second-order valence-electron chi connectivity index (χ2n) is 7.07. The highest BCUT2D eigenvalue weighted by Crippen LogP contribution is 2.23. The minimum Gasteiger partial charge on any atom is -0.489 e. The Morgan fingerprint density at radius 1 is 0.969 bits per heavy atom. The zero-order valence-electron chi connectivity index (χ0n) is 17.4. The minimum absolute atomic E-state index is 0.283. The molecule has 4 rings (SSSR count). The molecule has 0 saturated heterocycles. The predicted molar refractivity (Wildman–Crippen MR) is 122 cm³/mol. The summed E-state index contributed by atoms with van der Waals surface area (Å²) in [5, 5.41) is 27.5. The number of allylic oxidation sites excluding steroid dienone is 1. The van der Waals surface area contributed by atoms with E-state index in [-0.39, 0.29) is 6.61 Å². The summed E-state index contributed by atoms with van der Waals surface area (Å²) in [5.74, 6) is 1.82. The first-order chi connectivity index (χ1) is 15.7. The molecule has 0 aliphatic carbocycles. The van der Waals surface area contributed by atoms with Crippen molar-refractivity contribution in [3.05, 3.63) is 101 Å². The fourth-order valence-electron chi connectivity index (χ4n) is 3.33. The van der Waals surface area contributed by atoms with Gasteiger partial charge in [0.2, 0.25) is 0 Å². The van der Waals surface area contributed by atoms with Gasteiger partial charge in [0.05, 0.1) is 17.2 Å². The maximum atomic E-state index is 9.76. The number of hydrogen-bond donors (Lipinski definition) is 0. The summed E-state index contributed by atoms with van der Waals surface area (Å²) in [6, 6.07) is 28.9. The third-order valence-corrected chi connectivity index (χ3v) is 4.97. The monoisotopic (exact) mass is 417 g/mol. The second-order valence-corrected chi connectivity index (χ2v) is 7.07. The number of nitriles is 2. The van der Waals surface area contributed by atoms with Crippen molar-refractivity contribution in [1.29, 1.82) is 10.5 Å². The van der Waals surface area contributed by atoms with Crippen LogP contribution >= 0.6 is 0 Å². The lowest BCUT2D eigenvalue weighted by atomic mass is 10.1. The lowest BCUT2D eigenvalue weighted by Crippen LogP contribution is -1.99. The van der Waals surface area contributed by atoms with Crippen molar-refractivity contribution in [3.8, 4) is 29.3 Å². The van der Waals surface area contributed by atoms with Crippen molar-refractivity contribution in [2.24, 2.45) is 7.05 Å². The summed E-state index contributed by atoms with van der Waals surface area (Å²) in [6.07, 6.45) is 1.76. The smallest absolute Gasteiger partial charge is 0.174 e. The molecule has 154 valence electrons. The van der Waals surface area contributed by atoms with Gasteiger partial charge in [-0.3, -0.25) is 0 Å². The van der Waals surface area contributed by atoms with Crippen LogP contribution in [0.4, 0.5) is 0 Å². The van der Waals surface area contributed by atoms with E-state index in [2.05, 4.69) is 22.3 Å². The number of ether oxygens (including phenoxy) is 1. The molecule has 6 heteroatoms. The van der Waals surface area contributed by atoms with Gasteiger partial charge in [-0.15, -0.1) is 10.2 Å². The van der Waals surface area contributed by atoms with E-state index in [1.165, 1.54) is 0 Å². The van der Waals surface area contributed by atoms with Crippen LogP contribution in [0.3, 0.4) is 0 Å². The fraction of sp³-hybridized carbons (Fsp3) is 0.0769. The van der Waals surface area contributed by atoms with Gasteiger partial charge in [-0.2, -0.15) is 10.5 Å². The van der Waals surface area contributed by atoms with Gasteiger partial charge in [0.1, 0.15) is 18.4 Å². The van der Waals surface area contributed by atoms with Gasteiger partial charge >= 0.3 is 0 Å². The number of nitrogens with zero attached hydrogens (tertiary/aromatic N) is 5. The third kappa shape index (κ3) is 4.40. The Balaban J connectivity index is 1.58. The van der Waals surface area contributed by atoms with Crippen molar-refractivity contribution in [2.75, 3.05) is 0 Å². The largest absolute Gasteiger partial charge is 0.489 e. The van der Waals surface area contributed by atoms with Gasteiger partial charge in [0.15, 0.2) is 11.6 Å². The Labute approximate surface area is 186 Å². The molecule has 0 aliphatic heterocycles. The summed E-state index contributed by atoms with van der Waals surface area (Å²) < 4.78 is 7.69. The molecule has 0 spiro atoms. The Kier molecular flexibility index (Phi) is 6.06. The van der Waals surface area contributed by atoms with Gasteiger partial charge < -0.3 is 9.30 Å². The molecule has 0 radical (unpaired) electrons. The quantitative estimate of drug-likeness (QED) is 0.412. The van der Waals surface area contributed by atoms with Gasteiger partial charge in [0, 0.05) is 18.2 Å². The normalized spacial score (nSPS) is 10.9. The molecule has 0 unspecified atom stereocenters. The molecule has 0 bridgehead atoms. The van der Waals surface area contributed by atoms with E-state index in [1.807, 2.05) is 84.4 Å². The van der Waals surface area contributed by atoms with Gasteiger partial charge in [-0.25, -0.2) is 0 Å². The Bertz CT molecular complexity index is 1360. The molecule has 0 N–H and O–H groups in total. The predicted octanol–water partition coefficient (Wildman–Crippen LogP) is 5.00. The summed E-state index contributed by atoms with van der Waals surface area (Å²) in [7, 11) is 1.84. The van der Waals surface area contributed by atoms with E-state index < -0.39 is 0 Å². The molecule has 0 fully saturated rings. The second kappa shape index (κ2) is 9.42. The van der Waals surface area contributed by atoms with Crippen LogP contribution < -0.4 is 4.74 Å². The molecule has 1 aromatic heterocycles. The number of hydrogen-bond acceptors (Lipinski definition) is 5. The fourth-order valence-corrected chi connectivity index (χ4v) is 3.33. The Morgan fingerprint density at radius 3 is 2.53 bits per heavy atom. The van der Waals surface area contributed by atoms with Crippen LogP contribution in [0.2, 0.25) is 0 Å². The molecule has 0 saturated carbocycles. The molecule has 6 nitrogen and oxygen atoms in total. The van der Waals surface area contributed by atoms with E-state index in [1.54, 1.807) is 12.1 Å². The summed E-state index contributed by atoms with van der Waals surface area (Å²) >= 11 is 0. The van der Waals surface area contributed by atoms with Gasteiger partial charge in [-0.1, -0.05) is 60.7 Å². The maximum Gasteiger partial charge on any atom is 0.174 e. The van der Waals surface area contributed by atoms with Crippen LogP contribution in [0.1, 0.15) is 22.5 Å². The molecule has 1 heterocycles. The van der Waals surface area contributed by atoms with Crippen LogP contribution in [-0.2, 0) is 13.7 Å². The van der Waals surface area contributed by atoms with Crippen LogP contribution in [0.5, 0.6) is 5.75 Å². The first-order valence-electron chi connectivity index (χ1n) is 9.97. The Morgan fingerprint density at radius 2 is 1.75 bits per heavy atom. The molecular weight excluding hydrogens is 398 g/mol. The summed E-state index contributed by atoms with van der Waals surface area (Å²) in [5.41, 5.74) is 3.54. The highest BCUT2D eigenvalue weighted by Gasteiger charge is 2.14. The van der Waals surface area contributed by atoms with E-state index in [9.17, 15) is 10.5 Å². The first-order valence-corrected chi connectivity index (χ1v) is 9.97. The molecule has 0 atom stereocenters. The van der Waals surface area contributed by atoms with Crippen LogP contribution in [-0.4, -0.2) is 14.8 Å². The van der Waals surface area contributed by atoms with Crippen molar-refractivity contribution in [1.82, 2.24) is 14.8 Å². The van der Waals surface area contributed by atoms with Crippen LogP contribution in [0, 0.1) is 22.7 Å². The molecule has 0 aliphatic rings. The maximum absolute atomic E-state index is 9.76. The number of aromatic nitrogens is 3. The van der Waals surface area contributed by atoms with Crippen LogP contribution in [0.25, 0.3) is 23.0 Å². The lowest BCUT2D eigenvalue weighted by molar-refractivity contribution is 0.306. The standard InChI is InChI=1S/C26H19N5O/c1-31-25(20-9-3-2-4-10-20)29-30-26(31)23(17-28)14-19-8-7-13-24(15-19)32-18-22-12-6-5-11-21(22)16-27/h2-15H,18H2,1H3. The van der Waals surface area contributed by atoms with Crippen molar-refractivity contribution < 1.29 is 4.74 Å². The average Bonchev–Trinajstić information content (AvgIpc) is 3.23. The molecule has 32 heavy (non-hydrogen) atoms. The number of benzene rings is 3. The van der Waals surface area contributed by atoms with E-state index in [0.29, 0.717) is 28.5 Å². The van der Waals surface area contributed by atoms with Crippen molar-refractivity contribution in [3.63, 3.8) is 0 Å². The van der Waals surface area contributed by atoms with Crippen molar-refractivity contribution in [2.45, 2.75) is 6.61 Å². The Hall–Kier alpha value is -4.68.